The van der Waals surface area contributed by atoms with Crippen LogP contribution in [0.5, 0.6) is 0 Å². The lowest BCUT2D eigenvalue weighted by Gasteiger charge is -2.40. The van der Waals surface area contributed by atoms with Gasteiger partial charge in [0.2, 0.25) is 0 Å². The van der Waals surface area contributed by atoms with E-state index in [-0.39, 0.29) is 23.9 Å². The fraction of sp³-hybridized carbons (Fsp3) is 0.714. The fourth-order valence-electron chi connectivity index (χ4n) is 3.11. The topological polar surface area (TPSA) is 68.2 Å². The summed E-state index contributed by atoms with van der Waals surface area (Å²) in [6.45, 7) is 11.1. The van der Waals surface area contributed by atoms with Gasteiger partial charge < -0.3 is 24.1 Å². The van der Waals surface area contributed by atoms with E-state index in [1.54, 1.807) is 0 Å². The number of aliphatic hydroxyl groups is 2. The molecule has 1 aliphatic heterocycles. The summed E-state index contributed by atoms with van der Waals surface area (Å²) in [5, 5.41) is 20.2. The Morgan fingerprint density at radius 1 is 1.25 bits per heavy atom. The van der Waals surface area contributed by atoms with E-state index >= 15 is 0 Å². The normalized spacial score (nSPS) is 25.6. The third kappa shape index (κ3) is 6.23. The zero-order valence-corrected chi connectivity index (χ0v) is 20.8. The van der Waals surface area contributed by atoms with Crippen molar-refractivity contribution in [3.05, 3.63) is 35.9 Å². The summed E-state index contributed by atoms with van der Waals surface area (Å²) >= 11 is 2.32. The molecule has 7 heteroatoms. The van der Waals surface area contributed by atoms with Crippen LogP contribution in [0.4, 0.5) is 0 Å². The Bertz CT molecular complexity index is 592. The summed E-state index contributed by atoms with van der Waals surface area (Å²) in [6.07, 6.45) is -1.37. The minimum absolute atomic E-state index is 0.0640. The summed E-state index contributed by atoms with van der Waals surface area (Å²) < 4.78 is 19.9. The van der Waals surface area contributed by atoms with Crippen LogP contribution in [-0.4, -0.2) is 60.1 Å². The van der Waals surface area contributed by atoms with Gasteiger partial charge >= 0.3 is 0 Å². The molecule has 28 heavy (non-hydrogen) atoms. The maximum absolute atomic E-state index is 10.5. The number of rotatable bonds is 9. The Balaban J connectivity index is 2.19. The van der Waals surface area contributed by atoms with E-state index in [4.69, 9.17) is 13.9 Å². The van der Waals surface area contributed by atoms with Crippen molar-refractivity contribution in [3.63, 3.8) is 0 Å². The van der Waals surface area contributed by atoms with Crippen LogP contribution < -0.4 is 0 Å². The van der Waals surface area contributed by atoms with Crippen LogP contribution in [0.3, 0.4) is 0 Å². The van der Waals surface area contributed by atoms with E-state index in [0.29, 0.717) is 6.61 Å². The SMILES string of the molecule is CC(C)(C)[Si](C)(C)O[C@@H]1C[C@@H](CI)O[C@@H]1[C@H](OCc1ccccc1)[C@@H](O)CO. The maximum Gasteiger partial charge on any atom is 0.192 e. The van der Waals surface area contributed by atoms with Crippen molar-refractivity contribution in [1.82, 2.24) is 0 Å². The number of aliphatic hydroxyl groups excluding tert-OH is 2. The second kappa shape index (κ2) is 10.3. The molecule has 0 bridgehead atoms. The lowest BCUT2D eigenvalue weighted by molar-refractivity contribution is -0.146. The lowest BCUT2D eigenvalue weighted by atomic mass is 10.0. The number of benzene rings is 1. The first-order valence-corrected chi connectivity index (χ1v) is 14.4. The molecule has 0 amide bonds. The molecule has 0 saturated carbocycles. The molecule has 0 spiro atoms. The molecule has 5 atom stereocenters. The number of hydrogen-bond donors (Lipinski definition) is 2. The monoisotopic (exact) mass is 522 g/mol. The smallest absolute Gasteiger partial charge is 0.192 e. The van der Waals surface area contributed by atoms with Crippen LogP contribution in [0.25, 0.3) is 0 Å². The van der Waals surface area contributed by atoms with Crippen molar-refractivity contribution in [3.8, 4) is 0 Å². The standard InChI is InChI=1S/C21H35IO5Si/c1-21(2,3)28(4,5)27-18-11-16(12-22)26-20(18)19(17(24)13-23)25-14-15-9-7-6-8-10-15/h6-10,16-20,23-24H,11-14H2,1-5H3/t16-,17-,18+,19+,20-/m0/s1. The molecule has 0 radical (unpaired) electrons. The Morgan fingerprint density at radius 2 is 1.89 bits per heavy atom. The van der Waals surface area contributed by atoms with Crippen LogP contribution in [-0.2, 0) is 20.5 Å². The Hall–Kier alpha value is -0.0331. The van der Waals surface area contributed by atoms with Crippen LogP contribution >= 0.6 is 22.6 Å². The van der Waals surface area contributed by atoms with E-state index in [1.807, 2.05) is 30.3 Å². The van der Waals surface area contributed by atoms with Gasteiger partial charge in [0.1, 0.15) is 18.3 Å². The van der Waals surface area contributed by atoms with Crippen LogP contribution in [0.2, 0.25) is 18.1 Å². The Kier molecular flexibility index (Phi) is 8.94. The molecule has 1 aromatic carbocycles. The molecular weight excluding hydrogens is 487 g/mol. The molecule has 5 nitrogen and oxygen atoms in total. The van der Waals surface area contributed by atoms with Gasteiger partial charge in [0, 0.05) is 10.8 Å². The average Bonchev–Trinajstić information content (AvgIpc) is 3.03. The van der Waals surface area contributed by atoms with Gasteiger partial charge in [-0.3, -0.25) is 0 Å². The van der Waals surface area contributed by atoms with E-state index in [0.717, 1.165) is 16.4 Å². The number of halogens is 1. The Morgan fingerprint density at radius 3 is 2.43 bits per heavy atom. The minimum atomic E-state index is -2.01. The third-order valence-corrected chi connectivity index (χ3v) is 11.3. The van der Waals surface area contributed by atoms with Crippen molar-refractivity contribution in [1.29, 1.82) is 0 Å². The first-order chi connectivity index (χ1) is 13.1. The number of alkyl halides is 1. The van der Waals surface area contributed by atoms with Crippen molar-refractivity contribution in [2.75, 3.05) is 11.0 Å². The minimum Gasteiger partial charge on any atom is -0.411 e. The van der Waals surface area contributed by atoms with E-state index in [1.165, 1.54) is 0 Å². The van der Waals surface area contributed by atoms with Gasteiger partial charge in [-0.1, -0.05) is 73.7 Å². The second-order valence-corrected chi connectivity index (χ2v) is 14.7. The summed E-state index contributed by atoms with van der Waals surface area (Å²) in [5.74, 6) is 0. The van der Waals surface area contributed by atoms with Gasteiger partial charge in [-0.05, 0) is 23.7 Å². The van der Waals surface area contributed by atoms with Crippen LogP contribution in [0.1, 0.15) is 32.8 Å². The molecule has 2 rings (SSSR count). The van der Waals surface area contributed by atoms with Gasteiger partial charge in [0.25, 0.3) is 0 Å². The van der Waals surface area contributed by atoms with Crippen LogP contribution in [0.15, 0.2) is 30.3 Å². The highest BCUT2D eigenvalue weighted by Crippen LogP contribution is 2.40. The highest BCUT2D eigenvalue weighted by molar-refractivity contribution is 14.1. The fourth-order valence-corrected chi connectivity index (χ4v) is 5.02. The van der Waals surface area contributed by atoms with Crippen molar-refractivity contribution >= 4 is 30.9 Å². The Labute approximate surface area is 184 Å². The van der Waals surface area contributed by atoms with E-state index in [2.05, 4.69) is 56.5 Å². The lowest BCUT2D eigenvalue weighted by Crippen LogP contribution is -2.51. The number of ether oxygens (including phenoxy) is 2. The molecule has 1 aliphatic rings. The quantitative estimate of drug-likeness (QED) is 0.293. The van der Waals surface area contributed by atoms with E-state index in [9.17, 15) is 10.2 Å². The average molecular weight is 522 g/mol. The van der Waals surface area contributed by atoms with Gasteiger partial charge in [-0.25, -0.2) is 0 Å². The molecule has 0 aliphatic carbocycles. The third-order valence-electron chi connectivity index (χ3n) is 5.81. The first kappa shape index (κ1) is 24.2. The van der Waals surface area contributed by atoms with Gasteiger partial charge in [-0.2, -0.15) is 0 Å². The molecule has 1 aromatic rings. The van der Waals surface area contributed by atoms with Gasteiger partial charge in [-0.15, -0.1) is 0 Å². The summed E-state index contributed by atoms with van der Waals surface area (Å²) in [6, 6.07) is 9.83. The predicted molar refractivity (Wildman–Crippen MR) is 122 cm³/mol. The molecule has 0 unspecified atom stereocenters. The molecular formula is C21H35IO5Si. The van der Waals surface area contributed by atoms with Crippen LogP contribution in [0, 0.1) is 0 Å². The van der Waals surface area contributed by atoms with E-state index < -0.39 is 26.6 Å². The zero-order valence-electron chi connectivity index (χ0n) is 17.6. The van der Waals surface area contributed by atoms with Gasteiger partial charge in [0.15, 0.2) is 8.32 Å². The molecule has 0 aromatic heterocycles. The summed E-state index contributed by atoms with van der Waals surface area (Å²) in [4.78, 5) is 0. The largest absolute Gasteiger partial charge is 0.411 e. The highest BCUT2D eigenvalue weighted by atomic mass is 127. The molecule has 1 heterocycles. The number of hydrogen-bond acceptors (Lipinski definition) is 5. The molecule has 160 valence electrons. The second-order valence-electron chi connectivity index (χ2n) is 9.04. The highest BCUT2D eigenvalue weighted by Gasteiger charge is 2.48. The van der Waals surface area contributed by atoms with Crippen molar-refractivity contribution < 1.29 is 24.1 Å². The van der Waals surface area contributed by atoms with Crippen molar-refractivity contribution in [2.45, 2.75) is 82.5 Å². The summed E-state index contributed by atoms with van der Waals surface area (Å²) in [5.41, 5.74) is 1.02. The maximum atomic E-state index is 10.5. The zero-order chi connectivity index (χ0) is 20.9. The molecule has 1 fully saturated rings. The predicted octanol–water partition coefficient (Wildman–Crippen LogP) is 3.91. The van der Waals surface area contributed by atoms with Gasteiger partial charge in [0.05, 0.1) is 25.4 Å². The summed E-state index contributed by atoms with van der Waals surface area (Å²) in [7, 11) is -2.01. The van der Waals surface area contributed by atoms with Crippen molar-refractivity contribution in [2.24, 2.45) is 0 Å². The molecule has 2 N–H and O–H groups in total. The first-order valence-electron chi connectivity index (χ1n) is 9.92. The molecule has 1 saturated heterocycles.